The van der Waals surface area contributed by atoms with Gasteiger partial charge in [0.05, 0.1) is 30.4 Å². The van der Waals surface area contributed by atoms with Gasteiger partial charge in [0, 0.05) is 22.3 Å². The number of aromatic nitrogens is 1. The number of benzene rings is 1. The molecule has 0 saturated carbocycles. The minimum atomic E-state index is -0.578. The highest BCUT2D eigenvalue weighted by Crippen LogP contribution is 2.24. The fourth-order valence-corrected chi connectivity index (χ4v) is 3.50. The summed E-state index contributed by atoms with van der Waals surface area (Å²) in [6.07, 6.45) is 2.41. The molecule has 1 N–H and O–H groups in total. The first-order valence-electron chi connectivity index (χ1n) is 9.89. The first-order chi connectivity index (χ1) is 14.3. The molecule has 1 aromatic carbocycles. The van der Waals surface area contributed by atoms with Crippen LogP contribution in [0, 0.1) is 13.8 Å². The lowest BCUT2D eigenvalue weighted by atomic mass is 10.1. The summed E-state index contributed by atoms with van der Waals surface area (Å²) >= 11 is 0. The quantitative estimate of drug-likeness (QED) is 0.443. The normalized spacial score (nSPS) is 10.9. The number of furan rings is 1. The van der Waals surface area contributed by atoms with Crippen molar-refractivity contribution >= 4 is 28.7 Å². The second-order valence-electron chi connectivity index (χ2n) is 7.05. The number of aryl methyl sites for hydroxylation is 3. The molecule has 0 unspecified atom stereocenters. The highest BCUT2D eigenvalue weighted by Gasteiger charge is 2.26. The number of Topliss-reactive ketones (excluding diaryl/α,β-unsaturated/α-hetero) is 1. The highest BCUT2D eigenvalue weighted by molar-refractivity contribution is 6.09. The van der Waals surface area contributed by atoms with Gasteiger partial charge in [-0.3, -0.25) is 9.59 Å². The van der Waals surface area contributed by atoms with Gasteiger partial charge in [-0.15, -0.1) is 0 Å². The van der Waals surface area contributed by atoms with E-state index in [2.05, 4.69) is 11.9 Å². The molecule has 0 aliphatic heterocycles. The fourth-order valence-electron chi connectivity index (χ4n) is 3.50. The Hall–Kier alpha value is -3.35. The first kappa shape index (κ1) is 21.4. The number of carbonyl (C=O) groups excluding carboxylic acids is 3. The third-order valence-electron chi connectivity index (χ3n) is 4.96. The smallest absolute Gasteiger partial charge is 0.340 e. The summed E-state index contributed by atoms with van der Waals surface area (Å²) in [4.78, 5) is 40.2. The van der Waals surface area contributed by atoms with Crippen LogP contribution < -0.4 is 0 Å². The predicted molar refractivity (Wildman–Crippen MR) is 111 cm³/mol. The van der Waals surface area contributed by atoms with Gasteiger partial charge >= 0.3 is 11.9 Å². The Bertz CT molecular complexity index is 1100. The minimum Gasteiger partial charge on any atom is -0.464 e. The van der Waals surface area contributed by atoms with Gasteiger partial charge in [-0.1, -0.05) is 19.1 Å². The summed E-state index contributed by atoms with van der Waals surface area (Å²) in [5.41, 5.74) is 4.01. The number of nitrogens with one attached hydrogen (secondary N) is 1. The van der Waals surface area contributed by atoms with Gasteiger partial charge in [0.1, 0.15) is 5.58 Å². The number of hydrogen-bond donors (Lipinski definition) is 1. The van der Waals surface area contributed by atoms with E-state index in [1.54, 1.807) is 20.8 Å². The minimum absolute atomic E-state index is 0.0123. The van der Waals surface area contributed by atoms with Crippen molar-refractivity contribution in [3.63, 3.8) is 0 Å². The van der Waals surface area contributed by atoms with Crippen molar-refractivity contribution in [3.05, 3.63) is 58.1 Å². The van der Waals surface area contributed by atoms with Crippen molar-refractivity contribution in [1.29, 1.82) is 0 Å². The third kappa shape index (κ3) is 4.30. The summed E-state index contributed by atoms with van der Waals surface area (Å²) in [5.74, 6) is -1.59. The number of fused-ring (bicyclic) bond motifs is 1. The second kappa shape index (κ2) is 8.98. The molecule has 0 bridgehead atoms. The third-order valence-corrected chi connectivity index (χ3v) is 4.96. The zero-order valence-electron chi connectivity index (χ0n) is 17.6. The van der Waals surface area contributed by atoms with Crippen LogP contribution in [0.1, 0.15) is 57.1 Å². The van der Waals surface area contributed by atoms with E-state index in [9.17, 15) is 14.4 Å². The molecular formula is C23H25NO6. The SMILES string of the molecule is CCOC(=O)c1c(C)[nH]c(C)c1C(=O)COC(=O)Cc1coc2cc(CC)ccc12. The van der Waals surface area contributed by atoms with E-state index in [1.807, 2.05) is 18.2 Å². The summed E-state index contributed by atoms with van der Waals surface area (Å²) in [6, 6.07) is 5.86. The van der Waals surface area contributed by atoms with E-state index in [1.165, 1.54) is 6.26 Å². The second-order valence-corrected chi connectivity index (χ2v) is 7.05. The molecule has 0 aliphatic rings. The number of esters is 2. The molecule has 0 spiro atoms. The van der Waals surface area contributed by atoms with Gasteiger partial charge < -0.3 is 18.9 Å². The van der Waals surface area contributed by atoms with Crippen LogP contribution in [-0.2, 0) is 27.1 Å². The van der Waals surface area contributed by atoms with Crippen molar-refractivity contribution in [2.75, 3.05) is 13.2 Å². The molecule has 0 aliphatic carbocycles. The van der Waals surface area contributed by atoms with E-state index in [0.29, 0.717) is 22.5 Å². The van der Waals surface area contributed by atoms with Crippen molar-refractivity contribution in [2.45, 2.75) is 40.5 Å². The Morgan fingerprint density at radius 3 is 2.47 bits per heavy atom. The lowest BCUT2D eigenvalue weighted by molar-refractivity contribution is -0.141. The molecule has 3 rings (SSSR count). The Labute approximate surface area is 174 Å². The summed E-state index contributed by atoms with van der Waals surface area (Å²) in [5, 5.41) is 0.845. The number of hydrogen-bond acceptors (Lipinski definition) is 6. The number of ether oxygens (including phenoxy) is 2. The zero-order chi connectivity index (χ0) is 21.8. The summed E-state index contributed by atoms with van der Waals surface area (Å²) in [6.45, 7) is 6.87. The molecule has 2 heterocycles. The van der Waals surface area contributed by atoms with Crippen LogP contribution in [0.15, 0.2) is 28.9 Å². The molecule has 7 nitrogen and oxygen atoms in total. The Kier molecular flexibility index (Phi) is 6.40. The van der Waals surface area contributed by atoms with Crippen LogP contribution in [-0.4, -0.2) is 35.9 Å². The van der Waals surface area contributed by atoms with Crippen LogP contribution >= 0.6 is 0 Å². The van der Waals surface area contributed by atoms with Gasteiger partial charge in [-0.25, -0.2) is 4.79 Å². The van der Waals surface area contributed by atoms with E-state index in [-0.39, 0.29) is 24.2 Å². The average Bonchev–Trinajstić information content (AvgIpc) is 3.25. The maximum absolute atomic E-state index is 12.7. The Morgan fingerprint density at radius 1 is 1.03 bits per heavy atom. The standard InChI is InChI=1S/C23H25NO6/c1-5-15-7-8-17-16(11-29-19(17)9-15)10-20(26)30-12-18(25)21-13(3)24-14(4)22(21)23(27)28-6-2/h7-9,11,24H,5-6,10,12H2,1-4H3. The topological polar surface area (TPSA) is 98.6 Å². The first-order valence-corrected chi connectivity index (χ1v) is 9.89. The maximum atomic E-state index is 12.7. The van der Waals surface area contributed by atoms with Crippen molar-refractivity contribution in [3.8, 4) is 0 Å². The molecular weight excluding hydrogens is 386 g/mol. The van der Waals surface area contributed by atoms with Gasteiger partial charge in [0.25, 0.3) is 0 Å². The van der Waals surface area contributed by atoms with Crippen molar-refractivity contribution in [1.82, 2.24) is 4.98 Å². The van der Waals surface area contributed by atoms with Gasteiger partial charge in [-0.05, 0) is 38.8 Å². The van der Waals surface area contributed by atoms with Crippen molar-refractivity contribution in [2.24, 2.45) is 0 Å². The molecule has 0 fully saturated rings. The molecule has 0 amide bonds. The van der Waals surface area contributed by atoms with Crippen molar-refractivity contribution < 1.29 is 28.3 Å². The van der Waals surface area contributed by atoms with Gasteiger partial charge in [-0.2, -0.15) is 0 Å². The number of rotatable bonds is 8. The number of carbonyl (C=O) groups is 3. The molecule has 158 valence electrons. The van der Waals surface area contributed by atoms with Crippen LogP contribution in [0.2, 0.25) is 0 Å². The van der Waals surface area contributed by atoms with Crippen LogP contribution in [0.5, 0.6) is 0 Å². The molecule has 2 aromatic heterocycles. The van der Waals surface area contributed by atoms with Gasteiger partial charge in [0.15, 0.2) is 6.61 Å². The van der Waals surface area contributed by atoms with E-state index < -0.39 is 24.3 Å². The lowest BCUT2D eigenvalue weighted by Gasteiger charge is -2.07. The number of aromatic amines is 1. The highest BCUT2D eigenvalue weighted by atomic mass is 16.5. The maximum Gasteiger partial charge on any atom is 0.340 e. The summed E-state index contributed by atoms with van der Waals surface area (Å²) in [7, 11) is 0. The van der Waals surface area contributed by atoms with E-state index >= 15 is 0 Å². The lowest BCUT2D eigenvalue weighted by Crippen LogP contribution is -2.19. The van der Waals surface area contributed by atoms with Crippen LogP contribution in [0.3, 0.4) is 0 Å². The fraction of sp³-hybridized carbons (Fsp3) is 0.348. The Morgan fingerprint density at radius 2 is 1.77 bits per heavy atom. The number of H-pyrrole nitrogens is 1. The molecule has 0 atom stereocenters. The monoisotopic (exact) mass is 411 g/mol. The number of ketones is 1. The molecule has 30 heavy (non-hydrogen) atoms. The molecule has 0 saturated heterocycles. The van der Waals surface area contributed by atoms with Crippen LogP contribution in [0.25, 0.3) is 11.0 Å². The van der Waals surface area contributed by atoms with Gasteiger partial charge in [0.2, 0.25) is 5.78 Å². The molecule has 0 radical (unpaired) electrons. The van der Waals surface area contributed by atoms with E-state index in [4.69, 9.17) is 13.9 Å². The van der Waals surface area contributed by atoms with E-state index in [0.717, 1.165) is 17.4 Å². The largest absolute Gasteiger partial charge is 0.464 e. The zero-order valence-corrected chi connectivity index (χ0v) is 17.6. The molecule has 3 aromatic rings. The molecule has 7 heteroatoms. The summed E-state index contributed by atoms with van der Waals surface area (Å²) < 4.78 is 15.8. The predicted octanol–water partition coefficient (Wildman–Crippen LogP) is 4.09. The average molecular weight is 411 g/mol. The Balaban J connectivity index is 1.68. The van der Waals surface area contributed by atoms with Crippen LogP contribution in [0.4, 0.5) is 0 Å².